The number of hydrogen-bond donors (Lipinski definition) is 4. The summed E-state index contributed by atoms with van der Waals surface area (Å²) in [5.74, 6) is 0. The second-order valence-corrected chi connectivity index (χ2v) is 1.04. The molecule has 1 unspecified atom stereocenters. The van der Waals surface area contributed by atoms with E-state index in [0.29, 0.717) is 0 Å². The Labute approximate surface area is 36.3 Å². The minimum absolute atomic E-state index is 0.213. The molecule has 0 radical (unpaired) electrons. The van der Waals surface area contributed by atoms with Gasteiger partial charge in [0.25, 0.3) is 0 Å². The van der Waals surface area contributed by atoms with Crippen LogP contribution in [-0.2, 0) is 0 Å². The molecule has 0 aromatic carbocycles. The Morgan fingerprint density at radius 1 is 1.83 bits per heavy atom. The van der Waals surface area contributed by atoms with Crippen molar-refractivity contribution in [3.8, 4) is 0 Å². The van der Waals surface area contributed by atoms with Crippen LogP contribution in [0.4, 0.5) is 0 Å². The van der Waals surface area contributed by atoms with E-state index in [9.17, 15) is 0 Å². The molecule has 0 aliphatic rings. The van der Waals surface area contributed by atoms with Gasteiger partial charge < -0.3 is 10.9 Å². The van der Waals surface area contributed by atoms with Crippen LogP contribution >= 0.6 is 0 Å². The maximum atomic E-state index is 7.80. The van der Waals surface area contributed by atoms with Gasteiger partial charge in [0.05, 0.1) is 6.17 Å². The fourth-order valence-electron chi connectivity index (χ4n) is 0.102. The van der Waals surface area contributed by atoms with E-state index in [1.165, 1.54) is 0 Å². The zero-order valence-corrected chi connectivity index (χ0v) is 3.60. The molecule has 0 heterocycles. The van der Waals surface area contributed by atoms with Crippen molar-refractivity contribution in [2.24, 2.45) is 5.73 Å². The molecule has 0 saturated heterocycles. The molecule has 0 aromatic heterocycles. The molecule has 0 aromatic rings. The average Bonchev–Trinajstić information content (AvgIpc) is 1.35. The molecule has 0 amide bonds. The van der Waals surface area contributed by atoms with Crippen molar-refractivity contribution < 1.29 is 5.21 Å². The van der Waals surface area contributed by atoms with Gasteiger partial charge in [-0.15, -0.1) is 5.59 Å². The van der Waals surface area contributed by atoms with Crippen molar-refractivity contribution in [1.82, 2.24) is 11.0 Å². The molecule has 4 nitrogen and oxygen atoms in total. The Balaban J connectivity index is 2.63. The van der Waals surface area contributed by atoms with E-state index in [2.05, 4.69) is 5.43 Å². The van der Waals surface area contributed by atoms with E-state index in [1.54, 1.807) is 12.5 Å². The van der Waals surface area contributed by atoms with Gasteiger partial charge in [-0.25, -0.2) is 5.43 Å². The first-order valence-corrected chi connectivity index (χ1v) is 1.67. The van der Waals surface area contributed by atoms with Gasteiger partial charge in [-0.1, -0.05) is 0 Å². The first-order valence-electron chi connectivity index (χ1n) is 1.67. The lowest BCUT2D eigenvalue weighted by atomic mass is 10.7. The number of hydrogen-bond acceptors (Lipinski definition) is 4. The van der Waals surface area contributed by atoms with E-state index in [1.807, 2.05) is 0 Å². The maximum Gasteiger partial charge on any atom is 0.0672 e. The van der Waals surface area contributed by atoms with Gasteiger partial charge in [-0.3, -0.25) is 0 Å². The summed E-state index contributed by atoms with van der Waals surface area (Å²) >= 11 is 0. The predicted octanol–water partition coefficient (Wildman–Crippen LogP) is -1.23. The first-order chi connectivity index (χ1) is 2.77. The Morgan fingerprint density at radius 2 is 2.33 bits per heavy atom. The highest BCUT2D eigenvalue weighted by molar-refractivity contribution is 4.36. The van der Waals surface area contributed by atoms with E-state index in [4.69, 9.17) is 10.9 Å². The summed E-state index contributed by atoms with van der Waals surface area (Å²) < 4.78 is 0. The molecule has 4 heteroatoms. The van der Waals surface area contributed by atoms with Gasteiger partial charge in [0.15, 0.2) is 0 Å². The summed E-state index contributed by atoms with van der Waals surface area (Å²) in [6.45, 7) is 1.70. The monoisotopic (exact) mass is 91.1 g/mol. The van der Waals surface area contributed by atoms with Gasteiger partial charge in [0, 0.05) is 0 Å². The van der Waals surface area contributed by atoms with E-state index >= 15 is 0 Å². The molecule has 1 atom stereocenters. The third-order valence-electron chi connectivity index (χ3n) is 0.292. The Morgan fingerprint density at radius 3 is 2.33 bits per heavy atom. The van der Waals surface area contributed by atoms with Gasteiger partial charge in [0.2, 0.25) is 0 Å². The zero-order chi connectivity index (χ0) is 4.99. The van der Waals surface area contributed by atoms with Crippen molar-refractivity contribution in [3.63, 3.8) is 0 Å². The number of rotatable bonds is 2. The number of nitrogens with two attached hydrogens (primary N) is 1. The lowest BCUT2D eigenvalue weighted by Crippen LogP contribution is -2.42. The lowest BCUT2D eigenvalue weighted by Gasteiger charge is -2.01. The molecule has 0 spiro atoms. The highest BCUT2D eigenvalue weighted by Gasteiger charge is 1.82. The molecule has 0 bridgehead atoms. The molecule has 5 N–H and O–H groups in total. The van der Waals surface area contributed by atoms with Crippen molar-refractivity contribution in [2.75, 3.05) is 0 Å². The van der Waals surface area contributed by atoms with Crippen molar-refractivity contribution >= 4 is 0 Å². The summed E-state index contributed by atoms with van der Waals surface area (Å²) in [5.41, 5.74) is 9.05. The van der Waals surface area contributed by atoms with Crippen LogP contribution in [0.3, 0.4) is 0 Å². The molecule has 0 saturated carbocycles. The minimum atomic E-state index is -0.213. The first kappa shape index (κ1) is 5.84. The van der Waals surface area contributed by atoms with Crippen LogP contribution in [0.5, 0.6) is 0 Å². The third-order valence-corrected chi connectivity index (χ3v) is 0.292. The summed E-state index contributed by atoms with van der Waals surface area (Å²) in [4.78, 5) is 0. The Hall–Kier alpha value is -0.160. The van der Waals surface area contributed by atoms with Crippen molar-refractivity contribution in [3.05, 3.63) is 0 Å². The highest BCUT2D eigenvalue weighted by Crippen LogP contribution is 1.53. The van der Waals surface area contributed by atoms with Gasteiger partial charge >= 0.3 is 0 Å². The fraction of sp³-hybridized carbons (Fsp3) is 1.00. The fourth-order valence-corrected chi connectivity index (χ4v) is 0.102. The van der Waals surface area contributed by atoms with E-state index in [-0.39, 0.29) is 6.17 Å². The quantitative estimate of drug-likeness (QED) is 0.254. The molecule has 0 aliphatic heterocycles. The number of nitrogens with one attached hydrogen (secondary N) is 2. The lowest BCUT2D eigenvalue weighted by molar-refractivity contribution is 0.108. The van der Waals surface area contributed by atoms with E-state index in [0.717, 1.165) is 0 Å². The molecule has 0 rings (SSSR count). The second kappa shape index (κ2) is 3.05. The smallest absolute Gasteiger partial charge is 0.0672 e. The molecule has 6 heavy (non-hydrogen) atoms. The van der Waals surface area contributed by atoms with Crippen LogP contribution < -0.4 is 16.7 Å². The average molecular weight is 91.1 g/mol. The summed E-state index contributed by atoms with van der Waals surface area (Å²) in [5, 5.41) is 7.80. The second-order valence-electron chi connectivity index (χ2n) is 1.04. The largest absolute Gasteiger partial charge is 0.315 e. The van der Waals surface area contributed by atoms with Crippen LogP contribution in [0.15, 0.2) is 0 Å². The van der Waals surface area contributed by atoms with Crippen LogP contribution in [0, 0.1) is 0 Å². The standard InChI is InChI=1S/C2H9N3O/c1-2(3)4-5-6/h2,4-6H,3H2,1H3. The Kier molecular flexibility index (Phi) is 2.97. The molecular formula is C2H9N3O. The van der Waals surface area contributed by atoms with E-state index < -0.39 is 0 Å². The SMILES string of the molecule is CC(N)NNO. The van der Waals surface area contributed by atoms with Crippen LogP contribution in [0.2, 0.25) is 0 Å². The summed E-state index contributed by atoms with van der Waals surface area (Å²) in [6, 6.07) is 0. The van der Waals surface area contributed by atoms with Gasteiger partial charge in [-0.05, 0) is 6.92 Å². The molecule has 38 valence electrons. The zero-order valence-electron chi connectivity index (χ0n) is 3.60. The van der Waals surface area contributed by atoms with Gasteiger partial charge in [0.1, 0.15) is 0 Å². The summed E-state index contributed by atoms with van der Waals surface area (Å²) in [6.07, 6.45) is -0.213. The Bertz CT molecular complexity index is 30.0. The maximum absolute atomic E-state index is 7.80. The summed E-state index contributed by atoms with van der Waals surface area (Å²) in [7, 11) is 0. The third kappa shape index (κ3) is 3.84. The number of hydrazine groups is 1. The predicted molar refractivity (Wildman–Crippen MR) is 21.7 cm³/mol. The topological polar surface area (TPSA) is 70.3 Å². The van der Waals surface area contributed by atoms with Crippen LogP contribution in [-0.4, -0.2) is 11.4 Å². The van der Waals surface area contributed by atoms with Crippen LogP contribution in [0.1, 0.15) is 6.92 Å². The van der Waals surface area contributed by atoms with Crippen LogP contribution in [0.25, 0.3) is 0 Å². The minimum Gasteiger partial charge on any atom is -0.315 e. The van der Waals surface area contributed by atoms with Gasteiger partial charge in [-0.2, -0.15) is 0 Å². The molecule has 0 fully saturated rings. The van der Waals surface area contributed by atoms with Crippen molar-refractivity contribution in [2.45, 2.75) is 13.1 Å². The molecule has 0 aliphatic carbocycles. The normalized spacial score (nSPS) is 14.5. The highest BCUT2D eigenvalue weighted by atomic mass is 16.5. The van der Waals surface area contributed by atoms with Crippen molar-refractivity contribution in [1.29, 1.82) is 0 Å². The molecular weight excluding hydrogens is 82.0 g/mol.